The van der Waals surface area contributed by atoms with Gasteiger partial charge in [-0.1, -0.05) is 0 Å². The fourth-order valence-corrected chi connectivity index (χ4v) is 4.16. The van der Waals surface area contributed by atoms with Crippen LogP contribution in [0.25, 0.3) is 11.1 Å². The highest BCUT2D eigenvalue weighted by molar-refractivity contribution is 7.89. The summed E-state index contributed by atoms with van der Waals surface area (Å²) in [7, 11) is -0.909. The van der Waals surface area contributed by atoms with Crippen molar-refractivity contribution in [3.63, 3.8) is 0 Å². The van der Waals surface area contributed by atoms with Gasteiger partial charge in [0.2, 0.25) is 15.9 Å². The molecule has 1 aliphatic carbocycles. The molecule has 1 fully saturated rings. The first-order valence-electron chi connectivity index (χ1n) is 9.81. The minimum Gasteiger partial charge on any atom is -0.493 e. The molecule has 10 heteroatoms. The third-order valence-electron chi connectivity index (χ3n) is 4.92. The predicted octanol–water partition coefficient (Wildman–Crippen LogP) is 3.03. The number of hydrogen-bond acceptors (Lipinski definition) is 7. The Morgan fingerprint density at radius 1 is 1.13 bits per heavy atom. The van der Waals surface area contributed by atoms with Crippen LogP contribution in [0.4, 0.5) is 5.69 Å². The van der Waals surface area contributed by atoms with Gasteiger partial charge in [-0.25, -0.2) is 18.1 Å². The fourth-order valence-electron chi connectivity index (χ4n) is 3.12. The number of carbonyl (C=O) groups is 1. The standard InChI is InChI=1S/C21H23N3O6S/c1-28-18-8-6-15(12-19(18)29-2)31(26,27)22-10-9-20(25)23-14-5-7-17-16(11-14)24-21(30-17)13-3-4-13/h5-8,11-13,22H,3-4,9-10H2,1-2H3,(H,23,25). The monoisotopic (exact) mass is 445 g/mol. The molecular formula is C21H23N3O6S. The van der Waals surface area contributed by atoms with Crippen molar-refractivity contribution in [2.24, 2.45) is 0 Å². The van der Waals surface area contributed by atoms with Gasteiger partial charge in [0.05, 0.1) is 19.1 Å². The van der Waals surface area contributed by atoms with Gasteiger partial charge < -0.3 is 19.2 Å². The molecule has 0 aliphatic heterocycles. The van der Waals surface area contributed by atoms with E-state index in [1.807, 2.05) is 0 Å². The number of fused-ring (bicyclic) bond motifs is 1. The molecule has 0 spiro atoms. The van der Waals surface area contributed by atoms with Crippen LogP contribution in [0.15, 0.2) is 45.7 Å². The van der Waals surface area contributed by atoms with Crippen molar-refractivity contribution in [1.82, 2.24) is 9.71 Å². The lowest BCUT2D eigenvalue weighted by molar-refractivity contribution is -0.116. The van der Waals surface area contributed by atoms with Gasteiger partial charge in [-0.15, -0.1) is 0 Å². The highest BCUT2D eigenvalue weighted by Crippen LogP contribution is 2.40. The molecule has 0 bridgehead atoms. The van der Waals surface area contributed by atoms with E-state index in [2.05, 4.69) is 15.0 Å². The number of rotatable bonds is 9. The number of oxazole rings is 1. The van der Waals surface area contributed by atoms with Gasteiger partial charge in [-0.3, -0.25) is 4.79 Å². The van der Waals surface area contributed by atoms with Gasteiger partial charge in [0, 0.05) is 30.6 Å². The van der Waals surface area contributed by atoms with Gasteiger partial charge in [-0.2, -0.15) is 0 Å². The number of nitrogens with zero attached hydrogens (tertiary/aromatic N) is 1. The number of nitrogens with one attached hydrogen (secondary N) is 2. The normalized spacial score (nSPS) is 13.9. The molecule has 0 atom stereocenters. The molecule has 1 aromatic heterocycles. The Morgan fingerprint density at radius 2 is 1.90 bits per heavy atom. The van der Waals surface area contributed by atoms with Crippen molar-refractivity contribution in [3.05, 3.63) is 42.3 Å². The van der Waals surface area contributed by atoms with Crippen LogP contribution in [0.3, 0.4) is 0 Å². The second-order valence-corrected chi connectivity index (χ2v) is 8.99. The summed E-state index contributed by atoms with van der Waals surface area (Å²) < 4.78 is 43.4. The topological polar surface area (TPSA) is 120 Å². The lowest BCUT2D eigenvalue weighted by Gasteiger charge is -2.11. The van der Waals surface area contributed by atoms with E-state index < -0.39 is 10.0 Å². The Balaban J connectivity index is 1.34. The Bertz CT molecular complexity index is 1220. The van der Waals surface area contributed by atoms with Crippen molar-refractivity contribution >= 4 is 32.7 Å². The zero-order chi connectivity index (χ0) is 22.0. The van der Waals surface area contributed by atoms with Crippen molar-refractivity contribution in [3.8, 4) is 11.5 Å². The number of ether oxygens (including phenoxy) is 2. The van der Waals surface area contributed by atoms with Gasteiger partial charge >= 0.3 is 0 Å². The van der Waals surface area contributed by atoms with Crippen LogP contribution >= 0.6 is 0 Å². The van der Waals surface area contributed by atoms with E-state index in [4.69, 9.17) is 13.9 Å². The summed E-state index contributed by atoms with van der Waals surface area (Å²) in [5.41, 5.74) is 1.95. The number of carbonyl (C=O) groups excluding carboxylic acids is 1. The molecule has 4 rings (SSSR count). The van der Waals surface area contributed by atoms with Crippen LogP contribution < -0.4 is 19.5 Å². The quantitative estimate of drug-likeness (QED) is 0.519. The molecule has 164 valence electrons. The Kier molecular flexibility index (Phi) is 5.84. The van der Waals surface area contributed by atoms with E-state index in [0.29, 0.717) is 34.2 Å². The van der Waals surface area contributed by atoms with Crippen molar-refractivity contribution < 1.29 is 27.1 Å². The summed E-state index contributed by atoms with van der Waals surface area (Å²) in [4.78, 5) is 16.7. The number of amides is 1. The van der Waals surface area contributed by atoms with Crippen molar-refractivity contribution in [1.29, 1.82) is 0 Å². The molecular weight excluding hydrogens is 422 g/mol. The molecule has 9 nitrogen and oxygen atoms in total. The average molecular weight is 445 g/mol. The van der Waals surface area contributed by atoms with Crippen molar-refractivity contribution in [2.45, 2.75) is 30.1 Å². The van der Waals surface area contributed by atoms with E-state index in [1.165, 1.54) is 32.4 Å². The Morgan fingerprint density at radius 3 is 2.61 bits per heavy atom. The highest BCUT2D eigenvalue weighted by Gasteiger charge is 2.28. The van der Waals surface area contributed by atoms with E-state index in [9.17, 15) is 13.2 Å². The molecule has 1 aliphatic rings. The average Bonchev–Trinajstić information content (AvgIpc) is 3.52. The summed E-state index contributed by atoms with van der Waals surface area (Å²) in [5, 5.41) is 2.76. The minimum atomic E-state index is -3.80. The molecule has 3 aromatic rings. The largest absolute Gasteiger partial charge is 0.493 e. The first-order chi connectivity index (χ1) is 14.9. The van der Waals surface area contributed by atoms with Crippen LogP contribution in [-0.4, -0.2) is 40.1 Å². The predicted molar refractivity (Wildman–Crippen MR) is 114 cm³/mol. The minimum absolute atomic E-state index is 0.0218. The Labute approximate surface area is 179 Å². The molecule has 1 saturated carbocycles. The number of hydrogen-bond donors (Lipinski definition) is 2. The van der Waals surface area contributed by atoms with Gasteiger partial charge in [0.1, 0.15) is 5.52 Å². The molecule has 0 radical (unpaired) electrons. The molecule has 31 heavy (non-hydrogen) atoms. The van der Waals surface area contributed by atoms with Gasteiger partial charge in [0.25, 0.3) is 0 Å². The van der Waals surface area contributed by atoms with Crippen molar-refractivity contribution in [2.75, 3.05) is 26.1 Å². The van der Waals surface area contributed by atoms with Gasteiger partial charge in [0.15, 0.2) is 23.0 Å². The lowest BCUT2D eigenvalue weighted by atomic mass is 10.2. The second kappa shape index (κ2) is 8.56. The summed E-state index contributed by atoms with van der Waals surface area (Å²) in [6, 6.07) is 9.53. The molecule has 0 saturated heterocycles. The summed E-state index contributed by atoms with van der Waals surface area (Å²) in [6.45, 7) is -0.0550. The molecule has 2 aromatic carbocycles. The van der Waals surface area contributed by atoms with Crippen LogP contribution in [0, 0.1) is 0 Å². The maximum Gasteiger partial charge on any atom is 0.240 e. The number of aromatic nitrogens is 1. The summed E-state index contributed by atoms with van der Waals surface area (Å²) in [6.07, 6.45) is 2.15. The fraction of sp³-hybridized carbons (Fsp3) is 0.333. The van der Waals surface area contributed by atoms with E-state index in [-0.39, 0.29) is 23.8 Å². The third kappa shape index (κ3) is 4.80. The third-order valence-corrected chi connectivity index (χ3v) is 6.38. The zero-order valence-electron chi connectivity index (χ0n) is 17.2. The SMILES string of the molecule is COc1ccc(S(=O)(=O)NCCC(=O)Nc2ccc3oc(C4CC4)nc3c2)cc1OC. The first kappa shape index (κ1) is 21.1. The van der Waals surface area contributed by atoms with E-state index >= 15 is 0 Å². The maximum absolute atomic E-state index is 12.5. The molecule has 1 amide bonds. The number of benzene rings is 2. The zero-order valence-corrected chi connectivity index (χ0v) is 18.0. The van der Waals surface area contributed by atoms with Crippen LogP contribution in [0.2, 0.25) is 0 Å². The molecule has 1 heterocycles. The maximum atomic E-state index is 12.5. The molecule has 2 N–H and O–H groups in total. The van der Waals surface area contributed by atoms with E-state index in [1.54, 1.807) is 18.2 Å². The summed E-state index contributed by atoms with van der Waals surface area (Å²) in [5.74, 6) is 1.55. The summed E-state index contributed by atoms with van der Waals surface area (Å²) >= 11 is 0. The Hall–Kier alpha value is -3.11. The van der Waals surface area contributed by atoms with E-state index in [0.717, 1.165) is 18.7 Å². The lowest BCUT2D eigenvalue weighted by Crippen LogP contribution is -2.27. The number of methoxy groups -OCH3 is 2. The molecule has 0 unspecified atom stereocenters. The second-order valence-electron chi connectivity index (χ2n) is 7.22. The smallest absolute Gasteiger partial charge is 0.240 e. The van der Waals surface area contributed by atoms with Crippen LogP contribution in [0.1, 0.15) is 31.1 Å². The first-order valence-corrected chi connectivity index (χ1v) is 11.3. The highest BCUT2D eigenvalue weighted by atomic mass is 32.2. The number of sulfonamides is 1. The van der Waals surface area contributed by atoms with Gasteiger partial charge in [-0.05, 0) is 43.2 Å². The van der Waals surface area contributed by atoms with Crippen LogP contribution in [-0.2, 0) is 14.8 Å². The van der Waals surface area contributed by atoms with Crippen LogP contribution in [0.5, 0.6) is 11.5 Å². The number of anilines is 1.